The summed E-state index contributed by atoms with van der Waals surface area (Å²) < 4.78 is 5.30. The van der Waals surface area contributed by atoms with Crippen LogP contribution < -0.4 is 10.6 Å². The Bertz CT molecular complexity index is 520. The lowest BCUT2D eigenvalue weighted by Crippen LogP contribution is -2.38. The number of ether oxygens (including phenoxy) is 1. The maximum Gasteiger partial charge on any atom is 0.407 e. The molecule has 1 aromatic rings. The maximum atomic E-state index is 11.8. The predicted octanol–water partition coefficient (Wildman–Crippen LogP) is 4.51. The Kier molecular flexibility index (Phi) is 5.22. The maximum absolute atomic E-state index is 11.8. The zero-order valence-electron chi connectivity index (χ0n) is 13.7. The van der Waals surface area contributed by atoms with Crippen molar-refractivity contribution in [2.75, 3.05) is 5.32 Å². The molecule has 1 amide bonds. The van der Waals surface area contributed by atoms with E-state index in [1.54, 1.807) is 0 Å². The van der Waals surface area contributed by atoms with Gasteiger partial charge in [0, 0.05) is 12.1 Å². The standard InChI is InChI=1S/C17H25ClN2O2/c1-11-6-5-7-14(18)15(11)19-12-8-9-13(10-12)20-16(21)22-17(2,3)4/h5-7,12-13,19H,8-10H2,1-4H3,(H,20,21). The highest BCUT2D eigenvalue weighted by Crippen LogP contribution is 2.30. The van der Waals surface area contributed by atoms with Gasteiger partial charge in [-0.05, 0) is 58.6 Å². The number of amides is 1. The summed E-state index contributed by atoms with van der Waals surface area (Å²) in [6, 6.07) is 6.35. The Morgan fingerprint density at radius 2 is 1.95 bits per heavy atom. The molecule has 2 N–H and O–H groups in total. The van der Waals surface area contributed by atoms with E-state index < -0.39 is 5.60 Å². The summed E-state index contributed by atoms with van der Waals surface area (Å²) in [7, 11) is 0. The van der Waals surface area contributed by atoms with Crippen molar-refractivity contribution in [3.05, 3.63) is 28.8 Å². The number of carbonyl (C=O) groups is 1. The van der Waals surface area contributed by atoms with Crippen molar-refractivity contribution in [2.24, 2.45) is 0 Å². The summed E-state index contributed by atoms with van der Waals surface area (Å²) in [6.45, 7) is 7.64. The number of hydrogen-bond acceptors (Lipinski definition) is 3. The molecule has 1 aromatic carbocycles. The van der Waals surface area contributed by atoms with E-state index in [1.165, 1.54) is 0 Å². The van der Waals surface area contributed by atoms with Crippen molar-refractivity contribution in [1.82, 2.24) is 5.32 Å². The van der Waals surface area contributed by atoms with Crippen LogP contribution in [0, 0.1) is 6.92 Å². The fraction of sp³-hybridized carbons (Fsp3) is 0.588. The van der Waals surface area contributed by atoms with Crippen molar-refractivity contribution in [3.8, 4) is 0 Å². The summed E-state index contributed by atoms with van der Waals surface area (Å²) in [5, 5.41) is 7.19. The van der Waals surface area contributed by atoms with Crippen LogP contribution in [0.2, 0.25) is 5.02 Å². The fourth-order valence-electron chi connectivity index (χ4n) is 2.74. The Morgan fingerprint density at radius 1 is 1.27 bits per heavy atom. The van der Waals surface area contributed by atoms with Gasteiger partial charge in [0.2, 0.25) is 0 Å². The molecule has 5 heteroatoms. The van der Waals surface area contributed by atoms with Gasteiger partial charge in [0.15, 0.2) is 0 Å². The molecular weight excluding hydrogens is 300 g/mol. The van der Waals surface area contributed by atoms with Crippen LogP contribution >= 0.6 is 11.6 Å². The molecule has 4 nitrogen and oxygen atoms in total. The van der Waals surface area contributed by atoms with Crippen molar-refractivity contribution in [3.63, 3.8) is 0 Å². The molecule has 2 rings (SSSR count). The molecule has 1 fully saturated rings. The van der Waals surface area contributed by atoms with Crippen LogP contribution in [0.1, 0.15) is 45.6 Å². The number of para-hydroxylation sites is 1. The normalized spacial score (nSPS) is 21.5. The second kappa shape index (κ2) is 6.78. The molecule has 0 aromatic heterocycles. The predicted molar refractivity (Wildman–Crippen MR) is 90.6 cm³/mol. The van der Waals surface area contributed by atoms with Gasteiger partial charge in [-0.1, -0.05) is 23.7 Å². The minimum absolute atomic E-state index is 0.148. The van der Waals surface area contributed by atoms with Gasteiger partial charge in [-0.2, -0.15) is 0 Å². The average Bonchev–Trinajstić information content (AvgIpc) is 2.79. The Labute approximate surface area is 137 Å². The smallest absolute Gasteiger partial charge is 0.407 e. The highest BCUT2D eigenvalue weighted by atomic mass is 35.5. The van der Waals surface area contributed by atoms with Gasteiger partial charge in [-0.25, -0.2) is 4.79 Å². The van der Waals surface area contributed by atoms with E-state index in [0.717, 1.165) is 35.5 Å². The molecule has 2 atom stereocenters. The highest BCUT2D eigenvalue weighted by Gasteiger charge is 2.28. The van der Waals surface area contributed by atoms with Crippen molar-refractivity contribution < 1.29 is 9.53 Å². The molecule has 2 unspecified atom stereocenters. The van der Waals surface area contributed by atoms with Crippen LogP contribution in [-0.4, -0.2) is 23.8 Å². The Balaban J connectivity index is 1.87. The Morgan fingerprint density at radius 3 is 2.59 bits per heavy atom. The average molecular weight is 325 g/mol. The van der Waals surface area contributed by atoms with E-state index in [1.807, 2.05) is 45.9 Å². The quantitative estimate of drug-likeness (QED) is 0.860. The zero-order chi connectivity index (χ0) is 16.3. The third-order valence-electron chi connectivity index (χ3n) is 3.72. The number of rotatable bonds is 3. The first-order valence-electron chi connectivity index (χ1n) is 7.76. The molecule has 0 aliphatic heterocycles. The third kappa shape index (κ3) is 4.80. The summed E-state index contributed by atoms with van der Waals surface area (Å²) >= 11 is 6.25. The van der Waals surface area contributed by atoms with Crippen LogP contribution in [0.3, 0.4) is 0 Å². The monoisotopic (exact) mass is 324 g/mol. The van der Waals surface area contributed by atoms with Crippen molar-refractivity contribution in [1.29, 1.82) is 0 Å². The molecule has 0 saturated heterocycles. The van der Waals surface area contributed by atoms with Crippen molar-refractivity contribution in [2.45, 2.75) is 64.6 Å². The molecule has 1 aliphatic carbocycles. The zero-order valence-corrected chi connectivity index (χ0v) is 14.5. The molecule has 0 spiro atoms. The first-order chi connectivity index (χ1) is 10.2. The number of benzene rings is 1. The van der Waals surface area contributed by atoms with E-state index in [9.17, 15) is 4.79 Å². The first-order valence-corrected chi connectivity index (χ1v) is 8.13. The highest BCUT2D eigenvalue weighted by molar-refractivity contribution is 6.33. The minimum atomic E-state index is -0.463. The van der Waals surface area contributed by atoms with Gasteiger partial charge in [0.25, 0.3) is 0 Å². The van der Waals surface area contributed by atoms with Gasteiger partial charge in [0.1, 0.15) is 5.60 Å². The van der Waals surface area contributed by atoms with Gasteiger partial charge in [-0.3, -0.25) is 0 Å². The number of hydrogen-bond donors (Lipinski definition) is 2. The third-order valence-corrected chi connectivity index (χ3v) is 4.04. The SMILES string of the molecule is Cc1cccc(Cl)c1NC1CCC(NC(=O)OC(C)(C)C)C1. The van der Waals surface area contributed by atoms with E-state index in [-0.39, 0.29) is 12.1 Å². The topological polar surface area (TPSA) is 50.4 Å². The number of alkyl carbamates (subject to hydrolysis) is 1. The number of aryl methyl sites for hydroxylation is 1. The van der Waals surface area contributed by atoms with Crippen LogP contribution in [0.25, 0.3) is 0 Å². The van der Waals surface area contributed by atoms with Crippen LogP contribution in [0.15, 0.2) is 18.2 Å². The van der Waals surface area contributed by atoms with Crippen molar-refractivity contribution >= 4 is 23.4 Å². The van der Waals surface area contributed by atoms with Gasteiger partial charge in [0.05, 0.1) is 10.7 Å². The summed E-state index contributed by atoms with van der Waals surface area (Å²) in [5.41, 5.74) is 1.66. The second-order valence-corrected chi connectivity index (χ2v) is 7.34. The molecule has 122 valence electrons. The lowest BCUT2D eigenvalue weighted by molar-refractivity contribution is 0.0505. The van der Waals surface area contributed by atoms with E-state index in [4.69, 9.17) is 16.3 Å². The van der Waals surface area contributed by atoms with Gasteiger partial charge >= 0.3 is 6.09 Å². The van der Waals surface area contributed by atoms with Crippen LogP contribution in [0.4, 0.5) is 10.5 Å². The number of nitrogens with one attached hydrogen (secondary N) is 2. The number of carbonyl (C=O) groups excluding carboxylic acids is 1. The summed E-state index contributed by atoms with van der Waals surface area (Å²) in [6.07, 6.45) is 2.49. The molecule has 1 saturated carbocycles. The van der Waals surface area contributed by atoms with E-state index in [2.05, 4.69) is 10.6 Å². The molecular formula is C17H25ClN2O2. The van der Waals surface area contributed by atoms with Crippen LogP contribution in [0.5, 0.6) is 0 Å². The lowest BCUT2D eigenvalue weighted by Gasteiger charge is -2.22. The minimum Gasteiger partial charge on any atom is -0.444 e. The molecule has 1 aliphatic rings. The summed E-state index contributed by atoms with van der Waals surface area (Å²) in [4.78, 5) is 11.8. The fourth-order valence-corrected chi connectivity index (χ4v) is 3.01. The van der Waals surface area contributed by atoms with Gasteiger partial charge in [-0.15, -0.1) is 0 Å². The molecule has 22 heavy (non-hydrogen) atoms. The molecule has 0 bridgehead atoms. The molecule has 0 radical (unpaired) electrons. The van der Waals surface area contributed by atoms with E-state index in [0.29, 0.717) is 6.04 Å². The van der Waals surface area contributed by atoms with E-state index >= 15 is 0 Å². The number of anilines is 1. The summed E-state index contributed by atoms with van der Waals surface area (Å²) in [5.74, 6) is 0. The number of halogens is 1. The second-order valence-electron chi connectivity index (χ2n) is 6.93. The first kappa shape index (κ1) is 16.9. The van der Waals surface area contributed by atoms with Gasteiger partial charge < -0.3 is 15.4 Å². The Hall–Kier alpha value is -1.42. The molecule has 0 heterocycles. The lowest BCUT2D eigenvalue weighted by atomic mass is 10.1. The largest absolute Gasteiger partial charge is 0.444 e. The van der Waals surface area contributed by atoms with Crippen LogP contribution in [-0.2, 0) is 4.74 Å².